The quantitative estimate of drug-likeness (QED) is 0.502. The predicted octanol–water partition coefficient (Wildman–Crippen LogP) is 1.66. The van der Waals surface area contributed by atoms with E-state index in [2.05, 4.69) is 10.2 Å². The summed E-state index contributed by atoms with van der Waals surface area (Å²) in [5.41, 5.74) is 2.77. The highest BCUT2D eigenvalue weighted by Gasteiger charge is 2.49. The second-order valence-corrected chi connectivity index (χ2v) is 10.4. The Hall–Kier alpha value is -3.69. The number of nitrogens with zero attached hydrogens (tertiary/aromatic N) is 4. The molecule has 6 rings (SSSR count). The monoisotopic (exact) mass is 491 g/mol. The van der Waals surface area contributed by atoms with Crippen molar-refractivity contribution in [3.05, 3.63) is 68.1 Å². The molecular weight excluding hydrogens is 462 g/mol. The van der Waals surface area contributed by atoms with Crippen LogP contribution in [0.2, 0.25) is 0 Å². The number of nitrogens with one attached hydrogen (secondary N) is 1. The SMILES string of the molecule is O=C(NCCN1CCCC1=O)[C@@H]1Cc2cc([N+](=O)[O-])ccc2N2CC3CC(Cn4c3cccc4=O)[C@@H]12. The molecule has 10 nitrogen and oxygen atoms in total. The summed E-state index contributed by atoms with van der Waals surface area (Å²) in [5, 5.41) is 14.5. The first kappa shape index (κ1) is 22.8. The van der Waals surface area contributed by atoms with Crippen LogP contribution in [-0.4, -0.2) is 58.4 Å². The van der Waals surface area contributed by atoms with Crippen molar-refractivity contribution in [3.8, 4) is 0 Å². The number of likely N-dealkylation sites (tertiary alicyclic amines) is 1. The number of amides is 2. The average molecular weight is 492 g/mol. The summed E-state index contributed by atoms with van der Waals surface area (Å²) < 4.78 is 1.86. The van der Waals surface area contributed by atoms with Crippen LogP contribution in [0.4, 0.5) is 11.4 Å². The Labute approximate surface area is 208 Å². The number of fused-ring (bicyclic) bond motifs is 8. The summed E-state index contributed by atoms with van der Waals surface area (Å²) in [6.07, 6.45) is 2.72. The van der Waals surface area contributed by atoms with Crippen LogP contribution >= 0.6 is 0 Å². The van der Waals surface area contributed by atoms with E-state index in [1.807, 2.05) is 16.7 Å². The normalized spacial score (nSPS) is 26.2. The molecule has 4 atom stereocenters. The third-order valence-corrected chi connectivity index (χ3v) is 8.39. The number of carbonyl (C=O) groups excluding carboxylic acids is 2. The van der Waals surface area contributed by atoms with Gasteiger partial charge in [-0.05, 0) is 42.9 Å². The first-order valence-electron chi connectivity index (χ1n) is 12.7. The van der Waals surface area contributed by atoms with Crippen LogP contribution in [0.3, 0.4) is 0 Å². The third-order valence-electron chi connectivity index (χ3n) is 8.39. The molecule has 2 aromatic rings. The molecule has 2 saturated heterocycles. The van der Waals surface area contributed by atoms with Gasteiger partial charge in [0, 0.05) is 80.7 Å². The molecular formula is C26H29N5O5. The number of nitro groups is 1. The Bertz CT molecular complexity index is 1310. The second-order valence-electron chi connectivity index (χ2n) is 10.4. The van der Waals surface area contributed by atoms with Gasteiger partial charge >= 0.3 is 0 Å². The minimum atomic E-state index is -0.402. The average Bonchev–Trinajstić information content (AvgIpc) is 3.28. The van der Waals surface area contributed by atoms with Crippen molar-refractivity contribution in [3.63, 3.8) is 0 Å². The molecule has 0 saturated carbocycles. The Balaban J connectivity index is 1.32. The summed E-state index contributed by atoms with van der Waals surface area (Å²) in [4.78, 5) is 53.2. The zero-order chi connectivity index (χ0) is 25.0. The minimum Gasteiger partial charge on any atom is -0.366 e. The van der Waals surface area contributed by atoms with E-state index in [0.29, 0.717) is 39.0 Å². The van der Waals surface area contributed by atoms with Crippen molar-refractivity contribution < 1.29 is 14.5 Å². The fraction of sp³-hybridized carbons (Fsp3) is 0.500. The Morgan fingerprint density at radius 1 is 1.17 bits per heavy atom. The standard InChI is InChI=1S/C26H29N5O5/c32-23-5-2-9-28(23)10-8-27-26(34)20-13-16-12-19(31(35)36)6-7-22(16)30-14-17-11-18(25(20)30)15-29-21(17)3-1-4-24(29)33/h1,3-4,6-7,12,17-18,20,25H,2,5,8-11,13-15H2,(H,27,34)/t17?,18?,20-,25+/m1/s1. The van der Waals surface area contributed by atoms with Gasteiger partial charge in [-0.3, -0.25) is 24.5 Å². The molecule has 0 spiro atoms. The lowest BCUT2D eigenvalue weighted by Gasteiger charge is -2.54. The van der Waals surface area contributed by atoms with Crippen LogP contribution in [0.15, 0.2) is 41.2 Å². The van der Waals surface area contributed by atoms with E-state index >= 15 is 0 Å². The first-order valence-corrected chi connectivity index (χ1v) is 12.7. The van der Waals surface area contributed by atoms with Gasteiger partial charge in [-0.2, -0.15) is 0 Å². The Morgan fingerprint density at radius 2 is 2.03 bits per heavy atom. The molecule has 10 heteroatoms. The van der Waals surface area contributed by atoms with E-state index in [4.69, 9.17) is 0 Å². The molecule has 1 aromatic heterocycles. The lowest BCUT2D eigenvalue weighted by atomic mass is 9.70. The van der Waals surface area contributed by atoms with Gasteiger partial charge in [0.1, 0.15) is 0 Å². The van der Waals surface area contributed by atoms with Crippen LogP contribution in [0.5, 0.6) is 0 Å². The van der Waals surface area contributed by atoms with Crippen molar-refractivity contribution >= 4 is 23.2 Å². The van der Waals surface area contributed by atoms with E-state index in [1.165, 1.54) is 6.07 Å². The van der Waals surface area contributed by atoms with Crippen LogP contribution in [0.25, 0.3) is 0 Å². The predicted molar refractivity (Wildman–Crippen MR) is 132 cm³/mol. The maximum absolute atomic E-state index is 13.6. The number of rotatable bonds is 5. The number of piperidine rings is 1. The molecule has 36 heavy (non-hydrogen) atoms. The Kier molecular flexibility index (Phi) is 5.54. The van der Waals surface area contributed by atoms with Crippen molar-refractivity contribution in [1.29, 1.82) is 0 Å². The van der Waals surface area contributed by atoms with Crippen molar-refractivity contribution in [2.75, 3.05) is 31.1 Å². The van der Waals surface area contributed by atoms with Crippen LogP contribution < -0.4 is 15.8 Å². The summed E-state index contributed by atoms with van der Waals surface area (Å²) in [5.74, 6) is -0.117. The van der Waals surface area contributed by atoms with Gasteiger partial charge in [-0.15, -0.1) is 0 Å². The van der Waals surface area contributed by atoms with E-state index in [-0.39, 0.29) is 40.9 Å². The molecule has 2 amide bonds. The number of hydrogen-bond acceptors (Lipinski definition) is 6. The smallest absolute Gasteiger partial charge is 0.269 e. The molecule has 2 unspecified atom stereocenters. The second kappa shape index (κ2) is 8.76. The van der Waals surface area contributed by atoms with Gasteiger partial charge in [-0.1, -0.05) is 6.07 Å². The molecule has 0 radical (unpaired) electrons. The highest BCUT2D eigenvalue weighted by atomic mass is 16.6. The molecule has 4 aliphatic rings. The topological polar surface area (TPSA) is 118 Å². The van der Waals surface area contributed by atoms with Crippen LogP contribution in [-0.2, 0) is 22.6 Å². The minimum absolute atomic E-state index is 0.0150. The zero-order valence-electron chi connectivity index (χ0n) is 20.0. The van der Waals surface area contributed by atoms with E-state index in [0.717, 1.165) is 36.3 Å². The number of hydrogen-bond donors (Lipinski definition) is 1. The number of anilines is 1. The summed E-state index contributed by atoms with van der Waals surface area (Å²) in [7, 11) is 0. The largest absolute Gasteiger partial charge is 0.366 e. The van der Waals surface area contributed by atoms with Gasteiger partial charge in [0.05, 0.1) is 10.8 Å². The number of carbonyl (C=O) groups is 2. The fourth-order valence-corrected chi connectivity index (χ4v) is 6.84. The zero-order valence-corrected chi connectivity index (χ0v) is 20.0. The van der Waals surface area contributed by atoms with Crippen LogP contribution in [0, 0.1) is 22.0 Å². The van der Waals surface area contributed by atoms with Gasteiger partial charge < -0.3 is 19.7 Å². The number of nitro benzene ring substituents is 1. The maximum Gasteiger partial charge on any atom is 0.269 e. The molecule has 2 bridgehead atoms. The molecule has 1 N–H and O–H groups in total. The van der Waals surface area contributed by atoms with E-state index < -0.39 is 10.8 Å². The molecule has 0 aliphatic carbocycles. The summed E-state index contributed by atoms with van der Waals surface area (Å²) >= 11 is 0. The maximum atomic E-state index is 13.6. The van der Waals surface area contributed by atoms with Gasteiger partial charge in [-0.25, -0.2) is 0 Å². The number of benzene rings is 1. The molecule has 2 fully saturated rings. The van der Waals surface area contributed by atoms with Gasteiger partial charge in [0.15, 0.2) is 0 Å². The molecule has 1 aromatic carbocycles. The lowest BCUT2D eigenvalue weighted by Crippen LogP contribution is -2.61. The molecule has 5 heterocycles. The molecule has 188 valence electrons. The fourth-order valence-electron chi connectivity index (χ4n) is 6.84. The van der Waals surface area contributed by atoms with Crippen LogP contribution in [0.1, 0.15) is 36.4 Å². The third kappa shape index (κ3) is 3.75. The highest BCUT2D eigenvalue weighted by molar-refractivity contribution is 5.82. The Morgan fingerprint density at radius 3 is 2.81 bits per heavy atom. The molecule has 4 aliphatic heterocycles. The first-order chi connectivity index (χ1) is 17.4. The number of aromatic nitrogens is 1. The highest BCUT2D eigenvalue weighted by Crippen LogP contribution is 2.47. The van der Waals surface area contributed by atoms with Crippen molar-refractivity contribution in [2.24, 2.45) is 11.8 Å². The van der Waals surface area contributed by atoms with E-state index in [9.17, 15) is 24.5 Å². The van der Waals surface area contributed by atoms with Crippen molar-refractivity contribution in [1.82, 2.24) is 14.8 Å². The lowest BCUT2D eigenvalue weighted by molar-refractivity contribution is -0.384. The number of non-ortho nitro benzene ring substituents is 1. The van der Waals surface area contributed by atoms with Gasteiger partial charge in [0.2, 0.25) is 11.8 Å². The number of pyridine rings is 1. The summed E-state index contributed by atoms with van der Waals surface area (Å²) in [6.45, 7) is 2.80. The summed E-state index contributed by atoms with van der Waals surface area (Å²) in [6, 6.07) is 10.2. The van der Waals surface area contributed by atoms with E-state index in [1.54, 1.807) is 23.1 Å². The van der Waals surface area contributed by atoms with Gasteiger partial charge in [0.25, 0.3) is 11.2 Å². The van der Waals surface area contributed by atoms with Crippen molar-refractivity contribution in [2.45, 2.75) is 44.2 Å².